The highest BCUT2D eigenvalue weighted by molar-refractivity contribution is 5.31. The molecule has 2 nitrogen and oxygen atoms in total. The van der Waals surface area contributed by atoms with Crippen molar-refractivity contribution in [1.29, 1.82) is 0 Å². The Kier molecular flexibility index (Phi) is 4.53. The molecule has 5 heteroatoms. The largest absolute Gasteiger partial charge is 0.503 e. The van der Waals surface area contributed by atoms with Crippen molar-refractivity contribution in [1.82, 2.24) is 5.32 Å². The number of hydrogen-bond acceptors (Lipinski definition) is 2. The summed E-state index contributed by atoms with van der Waals surface area (Å²) in [4.78, 5) is 0. The van der Waals surface area contributed by atoms with Gasteiger partial charge in [0.1, 0.15) is 5.82 Å². The van der Waals surface area contributed by atoms with Crippen LogP contribution in [0.15, 0.2) is 24.3 Å². The summed E-state index contributed by atoms with van der Waals surface area (Å²) in [7, 11) is 0. The standard InChI is InChI=1S/C16H16F3NO/c1-9-3-11(4-10(2)15(9)19)7-20-8-12-5-13(17)16(21)14(18)6-12/h3-6,20-21H,7-8H2,1-2H3. The van der Waals surface area contributed by atoms with E-state index >= 15 is 0 Å². The van der Waals surface area contributed by atoms with Crippen LogP contribution >= 0.6 is 0 Å². The maximum atomic E-state index is 13.5. The van der Waals surface area contributed by atoms with E-state index in [2.05, 4.69) is 5.32 Å². The molecule has 0 aliphatic rings. The minimum absolute atomic E-state index is 0.221. The molecular formula is C16H16F3NO. The first kappa shape index (κ1) is 15.4. The highest BCUT2D eigenvalue weighted by atomic mass is 19.1. The summed E-state index contributed by atoms with van der Waals surface area (Å²) in [5.74, 6) is -3.16. The maximum Gasteiger partial charge on any atom is 0.187 e. The quantitative estimate of drug-likeness (QED) is 0.901. The lowest BCUT2D eigenvalue weighted by molar-refractivity contribution is 0.395. The second kappa shape index (κ2) is 6.18. The Morgan fingerprint density at radius 3 is 1.76 bits per heavy atom. The normalized spacial score (nSPS) is 10.9. The molecule has 0 amide bonds. The Hall–Kier alpha value is -2.01. The van der Waals surface area contributed by atoms with E-state index in [-0.39, 0.29) is 12.4 Å². The molecule has 21 heavy (non-hydrogen) atoms. The second-order valence-corrected chi connectivity index (χ2v) is 5.06. The molecule has 2 rings (SSSR count). The first-order valence-corrected chi connectivity index (χ1v) is 6.51. The number of benzene rings is 2. The molecule has 0 saturated heterocycles. The van der Waals surface area contributed by atoms with Gasteiger partial charge in [0.15, 0.2) is 17.4 Å². The van der Waals surface area contributed by atoms with Crippen LogP contribution in [0.25, 0.3) is 0 Å². The summed E-state index contributed by atoms with van der Waals surface area (Å²) in [5.41, 5.74) is 2.41. The van der Waals surface area contributed by atoms with Crippen molar-refractivity contribution in [2.45, 2.75) is 26.9 Å². The molecule has 0 heterocycles. The Morgan fingerprint density at radius 2 is 1.29 bits per heavy atom. The van der Waals surface area contributed by atoms with E-state index in [9.17, 15) is 13.2 Å². The number of phenolic OH excluding ortho intramolecular Hbond substituents is 1. The van der Waals surface area contributed by atoms with Crippen molar-refractivity contribution >= 4 is 0 Å². The summed E-state index contributed by atoms with van der Waals surface area (Å²) < 4.78 is 39.9. The Labute approximate surface area is 121 Å². The fraction of sp³-hybridized carbons (Fsp3) is 0.250. The Balaban J connectivity index is 2.02. The van der Waals surface area contributed by atoms with E-state index in [0.29, 0.717) is 23.2 Å². The van der Waals surface area contributed by atoms with Crippen molar-refractivity contribution in [3.8, 4) is 5.75 Å². The van der Waals surface area contributed by atoms with E-state index in [1.54, 1.807) is 26.0 Å². The lowest BCUT2D eigenvalue weighted by atomic mass is 10.1. The average molecular weight is 295 g/mol. The molecule has 0 bridgehead atoms. The van der Waals surface area contributed by atoms with Crippen LogP contribution in [0.1, 0.15) is 22.3 Å². The van der Waals surface area contributed by atoms with Gasteiger partial charge in [-0.2, -0.15) is 0 Å². The number of hydrogen-bond donors (Lipinski definition) is 2. The molecule has 2 N–H and O–H groups in total. The van der Waals surface area contributed by atoms with Gasteiger partial charge in [-0.05, 0) is 48.2 Å². The molecule has 0 radical (unpaired) electrons. The molecule has 0 fully saturated rings. The fourth-order valence-electron chi connectivity index (χ4n) is 2.21. The van der Waals surface area contributed by atoms with Crippen LogP contribution in [-0.2, 0) is 13.1 Å². The zero-order chi connectivity index (χ0) is 15.6. The SMILES string of the molecule is Cc1cc(CNCc2cc(F)c(O)c(F)c2)cc(C)c1F. The van der Waals surface area contributed by atoms with Crippen LogP contribution in [0.5, 0.6) is 5.75 Å². The molecule has 2 aromatic rings. The third-order valence-corrected chi connectivity index (χ3v) is 3.23. The van der Waals surface area contributed by atoms with Gasteiger partial charge in [-0.1, -0.05) is 12.1 Å². The van der Waals surface area contributed by atoms with Crippen molar-refractivity contribution < 1.29 is 18.3 Å². The van der Waals surface area contributed by atoms with Gasteiger partial charge in [0.25, 0.3) is 0 Å². The lowest BCUT2D eigenvalue weighted by Crippen LogP contribution is -2.13. The molecule has 0 aliphatic carbocycles. The maximum absolute atomic E-state index is 13.5. The number of aromatic hydroxyl groups is 1. The van der Waals surface area contributed by atoms with E-state index < -0.39 is 17.4 Å². The number of aryl methyl sites for hydroxylation is 2. The van der Waals surface area contributed by atoms with Crippen molar-refractivity contribution in [2.24, 2.45) is 0 Å². The van der Waals surface area contributed by atoms with Crippen LogP contribution in [-0.4, -0.2) is 5.11 Å². The summed E-state index contributed by atoms with van der Waals surface area (Å²) in [5, 5.41) is 12.0. The zero-order valence-corrected chi connectivity index (χ0v) is 11.8. The fourth-order valence-corrected chi connectivity index (χ4v) is 2.21. The monoisotopic (exact) mass is 295 g/mol. The van der Waals surface area contributed by atoms with E-state index in [0.717, 1.165) is 17.7 Å². The first-order chi connectivity index (χ1) is 9.88. The predicted octanol–water partition coefficient (Wildman–Crippen LogP) is 3.72. The van der Waals surface area contributed by atoms with Crippen LogP contribution in [0, 0.1) is 31.3 Å². The van der Waals surface area contributed by atoms with E-state index in [1.165, 1.54) is 0 Å². The third kappa shape index (κ3) is 3.55. The predicted molar refractivity (Wildman–Crippen MR) is 74.4 cm³/mol. The summed E-state index contributed by atoms with van der Waals surface area (Å²) in [6.45, 7) is 4.07. The number of rotatable bonds is 4. The molecule has 0 atom stereocenters. The van der Waals surface area contributed by atoms with Gasteiger partial charge in [-0.15, -0.1) is 0 Å². The minimum Gasteiger partial charge on any atom is -0.503 e. The van der Waals surface area contributed by atoms with E-state index in [4.69, 9.17) is 5.11 Å². The molecule has 0 saturated carbocycles. The summed E-state index contributed by atoms with van der Waals surface area (Å²) in [6.07, 6.45) is 0. The summed E-state index contributed by atoms with van der Waals surface area (Å²) in [6, 6.07) is 5.61. The van der Waals surface area contributed by atoms with Gasteiger partial charge < -0.3 is 10.4 Å². The van der Waals surface area contributed by atoms with Crippen molar-refractivity contribution in [2.75, 3.05) is 0 Å². The average Bonchev–Trinajstić information content (AvgIpc) is 2.42. The van der Waals surface area contributed by atoms with Gasteiger partial charge in [0.05, 0.1) is 0 Å². The van der Waals surface area contributed by atoms with Crippen molar-refractivity contribution in [3.05, 3.63) is 64.0 Å². The first-order valence-electron chi connectivity index (χ1n) is 6.51. The van der Waals surface area contributed by atoms with Crippen molar-refractivity contribution in [3.63, 3.8) is 0 Å². The highest BCUT2D eigenvalue weighted by Crippen LogP contribution is 2.21. The van der Waals surface area contributed by atoms with Crippen LogP contribution in [0.2, 0.25) is 0 Å². The number of phenols is 1. The second-order valence-electron chi connectivity index (χ2n) is 5.06. The molecule has 0 aromatic heterocycles. The number of nitrogens with one attached hydrogen (secondary N) is 1. The molecule has 0 aliphatic heterocycles. The van der Waals surface area contributed by atoms with Crippen LogP contribution in [0.3, 0.4) is 0 Å². The molecule has 112 valence electrons. The minimum atomic E-state index is -0.986. The topological polar surface area (TPSA) is 32.3 Å². The third-order valence-electron chi connectivity index (χ3n) is 3.23. The van der Waals surface area contributed by atoms with Crippen LogP contribution < -0.4 is 5.32 Å². The lowest BCUT2D eigenvalue weighted by Gasteiger charge is -2.09. The Morgan fingerprint density at radius 1 is 0.857 bits per heavy atom. The van der Waals surface area contributed by atoms with Gasteiger partial charge in [0.2, 0.25) is 0 Å². The van der Waals surface area contributed by atoms with Gasteiger partial charge in [0, 0.05) is 13.1 Å². The van der Waals surface area contributed by atoms with Gasteiger partial charge >= 0.3 is 0 Å². The van der Waals surface area contributed by atoms with E-state index in [1.807, 2.05) is 0 Å². The van der Waals surface area contributed by atoms with Gasteiger partial charge in [-0.3, -0.25) is 0 Å². The smallest absolute Gasteiger partial charge is 0.187 e. The molecule has 2 aromatic carbocycles. The summed E-state index contributed by atoms with van der Waals surface area (Å²) >= 11 is 0. The highest BCUT2D eigenvalue weighted by Gasteiger charge is 2.09. The molecule has 0 spiro atoms. The van der Waals surface area contributed by atoms with Crippen LogP contribution in [0.4, 0.5) is 13.2 Å². The van der Waals surface area contributed by atoms with Gasteiger partial charge in [-0.25, -0.2) is 13.2 Å². The zero-order valence-electron chi connectivity index (χ0n) is 11.8. The molecule has 0 unspecified atom stereocenters. The number of halogens is 3. The molecular weight excluding hydrogens is 279 g/mol. The Bertz CT molecular complexity index is 567.